The third-order valence-electron chi connectivity index (χ3n) is 9.34. The minimum atomic E-state index is -1.64. The van der Waals surface area contributed by atoms with Gasteiger partial charge in [0.2, 0.25) is 0 Å². The van der Waals surface area contributed by atoms with Crippen molar-refractivity contribution in [1.29, 1.82) is 0 Å². The van der Waals surface area contributed by atoms with Crippen LogP contribution in [0.4, 0.5) is 0 Å². The lowest BCUT2D eigenvalue weighted by molar-refractivity contribution is -0.284. The van der Waals surface area contributed by atoms with Gasteiger partial charge in [0.25, 0.3) is 0 Å². The van der Waals surface area contributed by atoms with Crippen molar-refractivity contribution in [1.82, 2.24) is 10.6 Å². The Balaban J connectivity index is 1.52. The lowest BCUT2D eigenvalue weighted by atomic mass is 9.83. The van der Waals surface area contributed by atoms with Gasteiger partial charge in [-0.05, 0) is 6.42 Å². The summed E-state index contributed by atoms with van der Waals surface area (Å²) in [5.41, 5.74) is 24.5. The molecule has 292 valence electrons. The van der Waals surface area contributed by atoms with Crippen LogP contribution in [0.1, 0.15) is 6.42 Å². The summed E-state index contributed by atoms with van der Waals surface area (Å²) in [6.45, 7) is -1.83. The molecule has 0 aromatic rings. The van der Waals surface area contributed by atoms with Gasteiger partial charge in [0.1, 0.15) is 48.8 Å². The molecule has 1 aliphatic carbocycles. The summed E-state index contributed by atoms with van der Waals surface area (Å²) in [5.74, 6) is 0. The lowest BCUT2D eigenvalue weighted by Crippen LogP contribution is -2.67. The highest BCUT2D eigenvalue weighted by molar-refractivity contribution is 5.06. The maximum atomic E-state index is 11.6. The van der Waals surface area contributed by atoms with E-state index in [1.165, 1.54) is 0 Å². The fourth-order valence-electron chi connectivity index (χ4n) is 6.42. The van der Waals surface area contributed by atoms with Gasteiger partial charge in [0.05, 0.1) is 62.9 Å². The smallest absolute Gasteiger partial charge is 0.187 e. The van der Waals surface area contributed by atoms with Crippen molar-refractivity contribution < 1.29 is 74.4 Å². The highest BCUT2D eigenvalue weighted by Gasteiger charge is 2.54. The number of nitrogens with one attached hydrogen (secondary N) is 2. The molecule has 21 nitrogen and oxygen atoms in total. The Labute approximate surface area is 289 Å². The number of aliphatic hydroxyl groups excluding tert-OH is 9. The summed E-state index contributed by atoms with van der Waals surface area (Å²) in [7, 11) is 0. The SMILES string of the molecule is NC[C@@H]1O[C@H](O[C@H]2[C@@H](O)[C@H](O[C@@H]3[C@@H](O)[C@H](NC(CO)CO)C[C@H](N)[C@H]3O[C@H]3O[C@H](CNCC(O)CO)C=C[C@H]3N)O[C@@H]2CO)[C@H](N)[C@@H](O)[C@@H]1O. The largest absolute Gasteiger partial charge is 0.395 e. The minimum Gasteiger partial charge on any atom is -0.395 e. The Morgan fingerprint density at radius 1 is 0.740 bits per heavy atom. The molecule has 3 aliphatic heterocycles. The highest BCUT2D eigenvalue weighted by atomic mass is 16.8. The monoisotopic (exact) mass is 728 g/mol. The van der Waals surface area contributed by atoms with E-state index >= 15 is 0 Å². The van der Waals surface area contributed by atoms with E-state index in [0.717, 1.165) is 0 Å². The summed E-state index contributed by atoms with van der Waals surface area (Å²) in [6, 6.07) is -4.57. The van der Waals surface area contributed by atoms with E-state index in [0.29, 0.717) is 0 Å². The first-order valence-electron chi connectivity index (χ1n) is 16.8. The molecule has 50 heavy (non-hydrogen) atoms. The normalized spacial score (nSPS) is 44.6. The maximum Gasteiger partial charge on any atom is 0.187 e. The quantitative estimate of drug-likeness (QED) is 0.0618. The predicted octanol–water partition coefficient (Wildman–Crippen LogP) is -9.09. The van der Waals surface area contributed by atoms with E-state index in [-0.39, 0.29) is 26.1 Å². The van der Waals surface area contributed by atoms with Crippen LogP contribution in [0, 0.1) is 0 Å². The average Bonchev–Trinajstić information content (AvgIpc) is 3.41. The van der Waals surface area contributed by atoms with Gasteiger partial charge in [0.15, 0.2) is 18.9 Å². The fraction of sp³-hybridized carbons (Fsp3) is 0.931. The zero-order valence-electron chi connectivity index (χ0n) is 27.6. The Morgan fingerprint density at radius 2 is 1.40 bits per heavy atom. The number of rotatable bonds is 17. The molecule has 0 amide bonds. The Kier molecular flexibility index (Phi) is 16.1. The molecule has 3 fully saturated rings. The topological polar surface area (TPSA) is 366 Å². The summed E-state index contributed by atoms with van der Waals surface area (Å²) in [6.07, 6.45) is -14.2. The van der Waals surface area contributed by atoms with Crippen LogP contribution < -0.4 is 33.6 Å². The highest BCUT2D eigenvalue weighted by Crippen LogP contribution is 2.34. The molecule has 3 heterocycles. The molecule has 0 aromatic heterocycles. The molecule has 0 bridgehead atoms. The van der Waals surface area contributed by atoms with Crippen molar-refractivity contribution in [2.75, 3.05) is 46.1 Å². The molecule has 2 saturated heterocycles. The van der Waals surface area contributed by atoms with Gasteiger partial charge in [-0.25, -0.2) is 0 Å². The molecule has 1 saturated carbocycles. The zero-order valence-corrected chi connectivity index (χ0v) is 27.6. The van der Waals surface area contributed by atoms with Gasteiger partial charge in [-0.2, -0.15) is 0 Å². The van der Waals surface area contributed by atoms with Gasteiger partial charge in [-0.15, -0.1) is 0 Å². The molecule has 19 N–H and O–H groups in total. The molecule has 21 heteroatoms. The maximum absolute atomic E-state index is 11.6. The molecule has 4 rings (SSSR count). The van der Waals surface area contributed by atoms with Crippen LogP contribution in [0.2, 0.25) is 0 Å². The molecular formula is C29H56N6O15. The minimum absolute atomic E-state index is 0.0799. The van der Waals surface area contributed by atoms with E-state index in [2.05, 4.69) is 10.6 Å². The second kappa shape index (κ2) is 19.3. The fourth-order valence-corrected chi connectivity index (χ4v) is 6.42. The summed E-state index contributed by atoms with van der Waals surface area (Å²) in [4.78, 5) is 0. The van der Waals surface area contributed by atoms with Crippen LogP contribution in [-0.2, 0) is 28.4 Å². The van der Waals surface area contributed by atoms with E-state index < -0.39 is 143 Å². The third-order valence-corrected chi connectivity index (χ3v) is 9.34. The Morgan fingerprint density at radius 3 is 2.04 bits per heavy atom. The van der Waals surface area contributed by atoms with Gasteiger partial charge < -0.3 is 108 Å². The van der Waals surface area contributed by atoms with E-state index in [4.69, 9.17) is 56.5 Å². The number of ether oxygens (including phenoxy) is 6. The van der Waals surface area contributed by atoms with Gasteiger partial charge >= 0.3 is 0 Å². The molecule has 4 aliphatic rings. The van der Waals surface area contributed by atoms with Gasteiger partial charge in [-0.3, -0.25) is 0 Å². The first-order chi connectivity index (χ1) is 23.9. The molecule has 18 atom stereocenters. The van der Waals surface area contributed by atoms with Crippen molar-refractivity contribution in [3.05, 3.63) is 12.2 Å². The summed E-state index contributed by atoms with van der Waals surface area (Å²) < 4.78 is 35.8. The van der Waals surface area contributed by atoms with E-state index in [1.807, 2.05) is 0 Å². The first kappa shape index (κ1) is 41.7. The van der Waals surface area contributed by atoms with Crippen LogP contribution in [0.3, 0.4) is 0 Å². The van der Waals surface area contributed by atoms with Crippen molar-refractivity contribution in [3.8, 4) is 0 Å². The second-order valence-electron chi connectivity index (χ2n) is 13.1. The number of hydrogen-bond donors (Lipinski definition) is 15. The van der Waals surface area contributed by atoms with Crippen molar-refractivity contribution in [2.24, 2.45) is 22.9 Å². The van der Waals surface area contributed by atoms with Crippen LogP contribution in [-0.4, -0.2) is 208 Å². The molecule has 0 aromatic carbocycles. The number of aliphatic hydroxyl groups is 9. The van der Waals surface area contributed by atoms with E-state index in [1.54, 1.807) is 12.2 Å². The third kappa shape index (κ3) is 9.90. The van der Waals surface area contributed by atoms with Crippen LogP contribution in [0.25, 0.3) is 0 Å². The standard InChI is InChI=1S/C29H56N6O15/c30-4-17-21(42)22(43)19(33)28(46-17)49-25-18(10-39)47-29(23(25)44)50-26-20(41)16(35-11(7-36)8-37)3-15(32)24(26)48-27-14(31)2-1-13(45-27)6-34-5-12(40)9-38/h1-2,11-29,34-44H,3-10,30-33H2/t12?,13-,14+,15-,16+,17-,18+,19+,20-,21+,22+,23+,24+,25+,26+,27+,28+,29-/m0/s1. The van der Waals surface area contributed by atoms with Crippen LogP contribution in [0.5, 0.6) is 0 Å². The van der Waals surface area contributed by atoms with Crippen LogP contribution >= 0.6 is 0 Å². The first-order valence-corrected chi connectivity index (χ1v) is 16.8. The predicted molar refractivity (Wildman–Crippen MR) is 169 cm³/mol. The number of hydrogen-bond acceptors (Lipinski definition) is 21. The summed E-state index contributed by atoms with van der Waals surface area (Å²) >= 11 is 0. The van der Waals surface area contributed by atoms with Crippen molar-refractivity contribution >= 4 is 0 Å². The molecule has 0 spiro atoms. The number of nitrogens with two attached hydrogens (primary N) is 4. The molecule has 0 radical (unpaired) electrons. The zero-order chi connectivity index (χ0) is 36.7. The van der Waals surface area contributed by atoms with Gasteiger partial charge in [0, 0.05) is 31.7 Å². The van der Waals surface area contributed by atoms with Gasteiger partial charge in [-0.1, -0.05) is 12.2 Å². The second-order valence-corrected chi connectivity index (χ2v) is 13.1. The lowest BCUT2D eigenvalue weighted by Gasteiger charge is -2.46. The molecule has 1 unspecified atom stereocenters. The average molecular weight is 729 g/mol. The van der Waals surface area contributed by atoms with Crippen molar-refractivity contribution in [2.45, 2.75) is 123 Å². The Bertz CT molecular complexity index is 1040. The van der Waals surface area contributed by atoms with E-state index in [9.17, 15) is 40.9 Å². The summed E-state index contributed by atoms with van der Waals surface area (Å²) in [5, 5.41) is 97.6. The van der Waals surface area contributed by atoms with Crippen LogP contribution in [0.15, 0.2) is 12.2 Å². The molecular weight excluding hydrogens is 672 g/mol. The Hall–Kier alpha value is -1.10. The van der Waals surface area contributed by atoms with Crippen molar-refractivity contribution in [3.63, 3.8) is 0 Å².